The van der Waals surface area contributed by atoms with Crippen LogP contribution in [0.5, 0.6) is 11.5 Å². The Bertz CT molecular complexity index is 615. The first-order chi connectivity index (χ1) is 8.58. The Morgan fingerprint density at radius 3 is 2.22 bits per heavy atom. The SMILES string of the molecule is N#Cc1ccc(Oc2cc(F)cc(F)c2)cc1N. The highest BCUT2D eigenvalue weighted by Gasteiger charge is 2.05. The summed E-state index contributed by atoms with van der Waals surface area (Å²) in [4.78, 5) is 0. The molecule has 5 heteroatoms. The van der Waals surface area contributed by atoms with E-state index in [9.17, 15) is 8.78 Å². The van der Waals surface area contributed by atoms with Crippen LogP contribution in [0.15, 0.2) is 36.4 Å². The monoisotopic (exact) mass is 246 g/mol. The van der Waals surface area contributed by atoms with Gasteiger partial charge in [-0.25, -0.2) is 8.78 Å². The predicted molar refractivity (Wildman–Crippen MR) is 62.0 cm³/mol. The Labute approximate surface area is 102 Å². The van der Waals surface area contributed by atoms with E-state index in [1.54, 1.807) is 0 Å². The summed E-state index contributed by atoms with van der Waals surface area (Å²) < 4.78 is 31.1. The molecule has 0 spiro atoms. The molecule has 0 aliphatic carbocycles. The van der Waals surface area contributed by atoms with Crippen LogP contribution in [0.25, 0.3) is 0 Å². The summed E-state index contributed by atoms with van der Waals surface area (Å²) in [5.74, 6) is -1.13. The molecule has 0 aliphatic heterocycles. The zero-order valence-electron chi connectivity index (χ0n) is 9.15. The van der Waals surface area contributed by atoms with Crippen molar-refractivity contribution in [3.63, 3.8) is 0 Å². The van der Waals surface area contributed by atoms with Crippen molar-refractivity contribution >= 4 is 5.69 Å². The number of nitriles is 1. The molecular weight excluding hydrogens is 238 g/mol. The average Bonchev–Trinajstić information content (AvgIpc) is 2.27. The Morgan fingerprint density at radius 1 is 1.00 bits per heavy atom. The van der Waals surface area contributed by atoms with Crippen LogP contribution in [-0.2, 0) is 0 Å². The highest BCUT2D eigenvalue weighted by molar-refractivity contribution is 5.57. The molecule has 2 aromatic rings. The first-order valence-corrected chi connectivity index (χ1v) is 5.02. The molecule has 0 aromatic heterocycles. The van der Waals surface area contributed by atoms with Gasteiger partial charge in [0.15, 0.2) is 0 Å². The van der Waals surface area contributed by atoms with E-state index in [2.05, 4.69) is 0 Å². The summed E-state index contributed by atoms with van der Waals surface area (Å²) in [6, 6.07) is 9.15. The molecule has 90 valence electrons. The topological polar surface area (TPSA) is 59.0 Å². The number of anilines is 1. The fourth-order valence-electron chi connectivity index (χ4n) is 1.43. The molecule has 0 atom stereocenters. The minimum absolute atomic E-state index is 0.0246. The summed E-state index contributed by atoms with van der Waals surface area (Å²) in [6.45, 7) is 0. The van der Waals surface area contributed by atoms with Crippen molar-refractivity contribution in [2.75, 3.05) is 5.73 Å². The minimum Gasteiger partial charge on any atom is -0.457 e. The van der Waals surface area contributed by atoms with Crippen LogP contribution in [0.3, 0.4) is 0 Å². The van der Waals surface area contributed by atoms with Gasteiger partial charge in [0.25, 0.3) is 0 Å². The molecule has 0 fully saturated rings. The molecule has 0 radical (unpaired) electrons. The van der Waals surface area contributed by atoms with Crippen LogP contribution < -0.4 is 10.5 Å². The van der Waals surface area contributed by atoms with Gasteiger partial charge in [-0.15, -0.1) is 0 Å². The largest absolute Gasteiger partial charge is 0.457 e. The molecule has 0 heterocycles. The maximum Gasteiger partial charge on any atom is 0.133 e. The Morgan fingerprint density at radius 2 is 1.67 bits per heavy atom. The number of nitrogens with two attached hydrogens (primary N) is 1. The third-order valence-corrected chi connectivity index (χ3v) is 2.22. The van der Waals surface area contributed by atoms with Crippen LogP contribution in [-0.4, -0.2) is 0 Å². The smallest absolute Gasteiger partial charge is 0.133 e. The number of hydrogen-bond donors (Lipinski definition) is 1. The number of benzene rings is 2. The average molecular weight is 246 g/mol. The number of ether oxygens (including phenoxy) is 1. The van der Waals surface area contributed by atoms with Gasteiger partial charge in [-0.2, -0.15) is 5.26 Å². The lowest BCUT2D eigenvalue weighted by Gasteiger charge is -2.07. The number of hydrogen-bond acceptors (Lipinski definition) is 3. The van der Waals surface area contributed by atoms with E-state index in [1.165, 1.54) is 18.2 Å². The van der Waals surface area contributed by atoms with Gasteiger partial charge >= 0.3 is 0 Å². The van der Waals surface area contributed by atoms with Crippen molar-refractivity contribution in [3.05, 3.63) is 53.6 Å². The van der Waals surface area contributed by atoms with E-state index >= 15 is 0 Å². The van der Waals surface area contributed by atoms with Crippen molar-refractivity contribution in [3.8, 4) is 17.6 Å². The molecule has 2 aromatic carbocycles. The van der Waals surface area contributed by atoms with E-state index in [4.69, 9.17) is 15.7 Å². The van der Waals surface area contributed by atoms with Gasteiger partial charge in [0.2, 0.25) is 0 Å². The molecule has 2 rings (SSSR count). The lowest BCUT2D eigenvalue weighted by molar-refractivity contribution is 0.468. The second-order valence-corrected chi connectivity index (χ2v) is 3.57. The first kappa shape index (κ1) is 11.9. The van der Waals surface area contributed by atoms with Crippen LogP contribution in [0.1, 0.15) is 5.56 Å². The highest BCUT2D eigenvalue weighted by atomic mass is 19.1. The maximum absolute atomic E-state index is 12.9. The van der Waals surface area contributed by atoms with Crippen LogP contribution in [0.2, 0.25) is 0 Å². The number of halogens is 2. The fraction of sp³-hybridized carbons (Fsp3) is 0. The van der Waals surface area contributed by atoms with Crippen molar-refractivity contribution < 1.29 is 13.5 Å². The van der Waals surface area contributed by atoms with Gasteiger partial charge in [-0.3, -0.25) is 0 Å². The number of nitrogens with zero attached hydrogens (tertiary/aromatic N) is 1. The minimum atomic E-state index is -0.730. The zero-order valence-corrected chi connectivity index (χ0v) is 9.15. The summed E-state index contributed by atoms with van der Waals surface area (Å²) >= 11 is 0. The summed E-state index contributed by atoms with van der Waals surface area (Å²) in [5.41, 5.74) is 6.15. The second kappa shape index (κ2) is 4.72. The van der Waals surface area contributed by atoms with Gasteiger partial charge in [-0.1, -0.05) is 0 Å². The molecular formula is C13H8F2N2O. The van der Waals surface area contributed by atoms with Gasteiger partial charge in [-0.05, 0) is 12.1 Å². The summed E-state index contributed by atoms with van der Waals surface area (Å²) in [7, 11) is 0. The van der Waals surface area contributed by atoms with Gasteiger partial charge in [0.1, 0.15) is 29.2 Å². The van der Waals surface area contributed by atoms with Gasteiger partial charge in [0, 0.05) is 24.3 Å². The number of nitrogen functional groups attached to an aromatic ring is 1. The molecule has 0 amide bonds. The standard InChI is InChI=1S/C13H8F2N2O/c14-9-3-10(15)5-12(4-9)18-11-2-1-8(7-16)13(17)6-11/h1-6H,17H2. The Balaban J connectivity index is 2.29. The normalized spacial score (nSPS) is 9.83. The van der Waals surface area contributed by atoms with Crippen molar-refractivity contribution in [2.45, 2.75) is 0 Å². The quantitative estimate of drug-likeness (QED) is 0.827. The van der Waals surface area contributed by atoms with Crippen LogP contribution in [0, 0.1) is 23.0 Å². The second-order valence-electron chi connectivity index (χ2n) is 3.57. The fourth-order valence-corrected chi connectivity index (χ4v) is 1.43. The van der Waals surface area contributed by atoms with E-state index in [-0.39, 0.29) is 11.4 Å². The lowest BCUT2D eigenvalue weighted by atomic mass is 10.2. The van der Waals surface area contributed by atoms with E-state index < -0.39 is 11.6 Å². The molecule has 0 saturated carbocycles. The van der Waals surface area contributed by atoms with Gasteiger partial charge < -0.3 is 10.5 Å². The Kier molecular flexibility index (Phi) is 3.11. The highest BCUT2D eigenvalue weighted by Crippen LogP contribution is 2.26. The van der Waals surface area contributed by atoms with E-state index in [0.717, 1.165) is 18.2 Å². The number of rotatable bonds is 2. The zero-order chi connectivity index (χ0) is 13.1. The molecule has 0 bridgehead atoms. The third kappa shape index (κ3) is 2.55. The molecule has 18 heavy (non-hydrogen) atoms. The van der Waals surface area contributed by atoms with Crippen molar-refractivity contribution in [1.29, 1.82) is 5.26 Å². The molecule has 3 nitrogen and oxygen atoms in total. The molecule has 0 aliphatic rings. The molecule has 2 N–H and O–H groups in total. The van der Waals surface area contributed by atoms with Crippen LogP contribution >= 0.6 is 0 Å². The maximum atomic E-state index is 12.9. The lowest BCUT2D eigenvalue weighted by Crippen LogP contribution is -1.92. The first-order valence-electron chi connectivity index (χ1n) is 5.02. The van der Waals surface area contributed by atoms with Gasteiger partial charge in [0.05, 0.1) is 11.3 Å². The van der Waals surface area contributed by atoms with E-state index in [0.29, 0.717) is 11.3 Å². The Hall–Kier alpha value is -2.61. The molecule has 0 unspecified atom stereocenters. The van der Waals surface area contributed by atoms with E-state index in [1.807, 2.05) is 6.07 Å². The summed E-state index contributed by atoms with van der Waals surface area (Å²) in [5, 5.41) is 8.70. The van der Waals surface area contributed by atoms with Crippen molar-refractivity contribution in [1.82, 2.24) is 0 Å². The predicted octanol–water partition coefficient (Wildman–Crippen LogP) is 3.21. The van der Waals surface area contributed by atoms with Crippen LogP contribution in [0.4, 0.5) is 14.5 Å². The summed E-state index contributed by atoms with van der Waals surface area (Å²) in [6.07, 6.45) is 0. The van der Waals surface area contributed by atoms with Crippen molar-refractivity contribution in [2.24, 2.45) is 0 Å². The third-order valence-electron chi connectivity index (χ3n) is 2.22. The molecule has 0 saturated heterocycles.